The molecule has 1 N–H and O–H groups in total. The molecular formula is C12H12ClNO2. The van der Waals surface area contributed by atoms with Crippen LogP contribution in [0.15, 0.2) is 18.2 Å². The molecule has 1 aromatic carbocycles. The molecule has 4 heteroatoms. The largest absolute Gasteiger partial charge is 0.468 e. The molecule has 1 aliphatic carbocycles. The van der Waals surface area contributed by atoms with Gasteiger partial charge in [0.2, 0.25) is 0 Å². The maximum absolute atomic E-state index is 11.7. The number of fused-ring (bicyclic) bond motifs is 3. The van der Waals surface area contributed by atoms with Gasteiger partial charge in [-0.2, -0.15) is 0 Å². The van der Waals surface area contributed by atoms with Gasteiger partial charge in [-0.1, -0.05) is 23.7 Å². The predicted octanol–water partition coefficient (Wildman–Crippen LogP) is 1.84. The number of benzene rings is 1. The maximum atomic E-state index is 11.7. The van der Waals surface area contributed by atoms with Crippen LogP contribution < -0.4 is 5.32 Å². The molecule has 0 spiro atoms. The molecule has 3 rings (SSSR count). The van der Waals surface area contributed by atoms with Crippen LogP contribution in [0.25, 0.3) is 0 Å². The fraction of sp³-hybridized carbons (Fsp3) is 0.417. The Morgan fingerprint density at radius 1 is 1.62 bits per heavy atom. The zero-order valence-corrected chi connectivity index (χ0v) is 9.67. The molecule has 2 atom stereocenters. The van der Waals surface area contributed by atoms with Gasteiger partial charge in [-0.3, -0.25) is 10.1 Å². The number of rotatable bonds is 1. The summed E-state index contributed by atoms with van der Waals surface area (Å²) in [7, 11) is 1.43. The van der Waals surface area contributed by atoms with Gasteiger partial charge in [-0.25, -0.2) is 0 Å². The van der Waals surface area contributed by atoms with Crippen LogP contribution in [0, 0.1) is 0 Å². The van der Waals surface area contributed by atoms with Crippen molar-refractivity contribution >= 4 is 17.6 Å². The minimum absolute atomic E-state index is 0.164. The van der Waals surface area contributed by atoms with E-state index in [-0.39, 0.29) is 11.9 Å². The summed E-state index contributed by atoms with van der Waals surface area (Å²) in [5, 5.41) is 4.03. The van der Waals surface area contributed by atoms with E-state index in [2.05, 4.69) is 11.4 Å². The highest BCUT2D eigenvalue weighted by Crippen LogP contribution is 2.56. The molecule has 1 heterocycles. The Kier molecular flexibility index (Phi) is 2.03. The Morgan fingerprint density at radius 2 is 2.44 bits per heavy atom. The molecule has 84 valence electrons. The molecule has 0 radical (unpaired) electrons. The van der Waals surface area contributed by atoms with Gasteiger partial charge >= 0.3 is 5.97 Å². The number of carbonyl (C=O) groups excluding carboxylic acids is 1. The van der Waals surface area contributed by atoms with Crippen LogP contribution in [0.2, 0.25) is 5.02 Å². The Morgan fingerprint density at radius 3 is 3.19 bits per heavy atom. The van der Waals surface area contributed by atoms with Gasteiger partial charge in [0.1, 0.15) is 5.54 Å². The molecule has 16 heavy (non-hydrogen) atoms. The molecule has 0 saturated heterocycles. The van der Waals surface area contributed by atoms with Crippen LogP contribution in [0.5, 0.6) is 0 Å². The van der Waals surface area contributed by atoms with Crippen molar-refractivity contribution in [1.29, 1.82) is 0 Å². The second-order valence-corrected chi connectivity index (χ2v) is 4.79. The number of nitrogens with one attached hydrogen (secondary N) is 1. The summed E-state index contributed by atoms with van der Waals surface area (Å²) in [6.07, 6.45) is 0.813. The molecule has 0 aromatic heterocycles. The maximum Gasteiger partial charge on any atom is 0.326 e. The summed E-state index contributed by atoms with van der Waals surface area (Å²) in [5.41, 5.74) is 1.83. The number of hydrogen-bond donors (Lipinski definition) is 1. The first-order valence-corrected chi connectivity index (χ1v) is 5.67. The first-order chi connectivity index (χ1) is 7.69. The second-order valence-electron chi connectivity index (χ2n) is 4.38. The Balaban J connectivity index is 2.02. The van der Waals surface area contributed by atoms with Gasteiger partial charge in [-0.05, 0) is 23.6 Å². The number of halogens is 1. The van der Waals surface area contributed by atoms with Crippen molar-refractivity contribution in [2.75, 3.05) is 7.11 Å². The summed E-state index contributed by atoms with van der Waals surface area (Å²) in [4.78, 5) is 11.7. The van der Waals surface area contributed by atoms with E-state index in [1.165, 1.54) is 12.7 Å². The third-order valence-corrected chi connectivity index (χ3v) is 3.98. The van der Waals surface area contributed by atoms with Crippen LogP contribution in [-0.2, 0) is 16.1 Å². The van der Waals surface area contributed by atoms with E-state index in [1.54, 1.807) is 0 Å². The van der Waals surface area contributed by atoms with Gasteiger partial charge in [0.15, 0.2) is 0 Å². The molecule has 2 aliphatic rings. The van der Waals surface area contributed by atoms with E-state index in [1.807, 2.05) is 12.1 Å². The van der Waals surface area contributed by atoms with Gasteiger partial charge < -0.3 is 4.74 Å². The van der Waals surface area contributed by atoms with E-state index < -0.39 is 5.54 Å². The number of ether oxygens (including phenoxy) is 1. The highest BCUT2D eigenvalue weighted by atomic mass is 35.5. The average molecular weight is 238 g/mol. The lowest BCUT2D eigenvalue weighted by Crippen LogP contribution is -2.43. The summed E-state index contributed by atoms with van der Waals surface area (Å²) in [5.74, 6) is 0.0607. The van der Waals surface area contributed by atoms with Crippen molar-refractivity contribution in [3.8, 4) is 0 Å². The van der Waals surface area contributed by atoms with Crippen molar-refractivity contribution in [2.24, 2.45) is 0 Å². The fourth-order valence-corrected chi connectivity index (χ4v) is 2.90. The third kappa shape index (κ3) is 1.16. The fourth-order valence-electron chi connectivity index (χ4n) is 2.65. The first kappa shape index (κ1) is 10.1. The molecule has 0 amide bonds. The number of methoxy groups -OCH3 is 1. The van der Waals surface area contributed by atoms with Gasteiger partial charge in [-0.15, -0.1) is 0 Å². The van der Waals surface area contributed by atoms with Crippen molar-refractivity contribution in [3.05, 3.63) is 34.3 Å². The molecule has 1 saturated carbocycles. The van der Waals surface area contributed by atoms with Crippen molar-refractivity contribution in [3.63, 3.8) is 0 Å². The Hall–Kier alpha value is -1.06. The smallest absolute Gasteiger partial charge is 0.326 e. The van der Waals surface area contributed by atoms with E-state index in [0.717, 1.165) is 17.0 Å². The third-order valence-electron chi connectivity index (χ3n) is 3.62. The molecule has 2 unspecified atom stereocenters. The van der Waals surface area contributed by atoms with Crippen LogP contribution in [0.3, 0.4) is 0 Å². The summed E-state index contributed by atoms with van der Waals surface area (Å²) >= 11 is 6.13. The van der Waals surface area contributed by atoms with Crippen LogP contribution in [-0.4, -0.2) is 18.6 Å². The monoisotopic (exact) mass is 237 g/mol. The van der Waals surface area contributed by atoms with Crippen molar-refractivity contribution in [2.45, 2.75) is 24.4 Å². The highest BCUT2D eigenvalue weighted by molar-refractivity contribution is 6.31. The SMILES string of the molecule is COC(=O)C12CC1c1cccc(Cl)c1CN2. The van der Waals surface area contributed by atoms with Crippen molar-refractivity contribution < 1.29 is 9.53 Å². The number of carbonyl (C=O) groups is 1. The lowest BCUT2D eigenvalue weighted by molar-refractivity contribution is -0.144. The normalized spacial score (nSPS) is 30.2. The molecule has 3 nitrogen and oxygen atoms in total. The average Bonchev–Trinajstić information content (AvgIpc) is 3.04. The van der Waals surface area contributed by atoms with E-state index in [4.69, 9.17) is 16.3 Å². The summed E-state index contributed by atoms with van der Waals surface area (Å²) in [6.45, 7) is 0.639. The lowest BCUT2D eigenvalue weighted by Gasteiger charge is -2.24. The lowest BCUT2D eigenvalue weighted by atomic mass is 9.96. The van der Waals surface area contributed by atoms with E-state index >= 15 is 0 Å². The zero-order chi connectivity index (χ0) is 11.3. The minimum atomic E-state index is -0.480. The standard InChI is InChI=1S/C12H12ClNO2/c1-16-11(15)12-5-9(12)7-3-2-4-10(13)8(7)6-14-12/h2-4,9,14H,5-6H2,1H3. The van der Waals surface area contributed by atoms with Crippen molar-refractivity contribution in [1.82, 2.24) is 5.32 Å². The van der Waals surface area contributed by atoms with Gasteiger partial charge in [0, 0.05) is 17.5 Å². The van der Waals surface area contributed by atoms with Gasteiger partial charge in [0.25, 0.3) is 0 Å². The first-order valence-electron chi connectivity index (χ1n) is 5.30. The number of esters is 1. The molecule has 1 fully saturated rings. The number of hydrogen-bond acceptors (Lipinski definition) is 3. The quantitative estimate of drug-likeness (QED) is 0.758. The van der Waals surface area contributed by atoms with Gasteiger partial charge in [0.05, 0.1) is 7.11 Å². The molecular weight excluding hydrogens is 226 g/mol. The zero-order valence-electron chi connectivity index (χ0n) is 8.92. The molecule has 1 aliphatic heterocycles. The Labute approximate surface area is 98.7 Å². The summed E-state index contributed by atoms with van der Waals surface area (Å²) < 4.78 is 4.85. The van der Waals surface area contributed by atoms with E-state index in [0.29, 0.717) is 6.54 Å². The van der Waals surface area contributed by atoms with Crippen LogP contribution in [0.1, 0.15) is 23.5 Å². The van der Waals surface area contributed by atoms with Crippen LogP contribution >= 0.6 is 11.6 Å². The van der Waals surface area contributed by atoms with Crippen LogP contribution in [0.4, 0.5) is 0 Å². The Bertz CT molecular complexity index is 474. The molecule has 0 bridgehead atoms. The minimum Gasteiger partial charge on any atom is -0.468 e. The topological polar surface area (TPSA) is 38.3 Å². The molecule has 1 aromatic rings. The highest BCUT2D eigenvalue weighted by Gasteiger charge is 2.63. The predicted molar refractivity (Wildman–Crippen MR) is 60.4 cm³/mol. The summed E-state index contributed by atoms with van der Waals surface area (Å²) in [6, 6.07) is 5.87. The van der Waals surface area contributed by atoms with E-state index in [9.17, 15) is 4.79 Å². The second kappa shape index (κ2) is 3.22.